The van der Waals surface area contributed by atoms with E-state index in [1.807, 2.05) is 37.3 Å². The van der Waals surface area contributed by atoms with Gasteiger partial charge in [-0.25, -0.2) is 9.78 Å². The van der Waals surface area contributed by atoms with Crippen LogP contribution in [0.15, 0.2) is 47.2 Å². The van der Waals surface area contributed by atoms with Gasteiger partial charge in [0.15, 0.2) is 5.76 Å². The molecule has 2 fully saturated rings. The molecule has 0 radical (unpaired) electrons. The SMILES string of the molecule is CC(O)CN1C[C@@H]2[C@@H](C#Cc3ccc(-c4cc([C@@H](CNC(=O)OC(C)(C)C)n5ccnc5[C@H](C)O)no4)cc3)[C@@H]2C1. The van der Waals surface area contributed by atoms with Crippen LogP contribution in [0.2, 0.25) is 0 Å². The van der Waals surface area contributed by atoms with Gasteiger partial charge in [0.25, 0.3) is 0 Å². The van der Waals surface area contributed by atoms with Crippen molar-refractivity contribution in [2.45, 2.75) is 58.5 Å². The fraction of sp³-hybridized carbons (Fsp3) is 0.516. The van der Waals surface area contributed by atoms with Crippen LogP contribution < -0.4 is 5.32 Å². The van der Waals surface area contributed by atoms with Crippen LogP contribution in [-0.4, -0.2) is 73.8 Å². The molecule has 1 unspecified atom stereocenters. The summed E-state index contributed by atoms with van der Waals surface area (Å²) in [5, 5.41) is 26.9. The monoisotopic (exact) mass is 561 g/mol. The Morgan fingerprint density at radius 2 is 1.90 bits per heavy atom. The first-order valence-electron chi connectivity index (χ1n) is 14.1. The topological polar surface area (TPSA) is 126 Å². The molecule has 218 valence electrons. The quantitative estimate of drug-likeness (QED) is 0.356. The molecule has 1 saturated carbocycles. The average molecular weight is 562 g/mol. The predicted molar refractivity (Wildman–Crippen MR) is 153 cm³/mol. The smallest absolute Gasteiger partial charge is 0.407 e. The number of carbonyl (C=O) groups excluding carboxylic acids is 1. The number of piperidine rings is 1. The summed E-state index contributed by atoms with van der Waals surface area (Å²) >= 11 is 0. The number of imidazole rings is 1. The van der Waals surface area contributed by atoms with Crippen LogP contribution in [0.5, 0.6) is 0 Å². The molecule has 10 heteroatoms. The number of aliphatic hydroxyl groups is 2. The van der Waals surface area contributed by atoms with Gasteiger partial charge in [0.05, 0.1) is 12.1 Å². The van der Waals surface area contributed by atoms with Crippen LogP contribution >= 0.6 is 0 Å². The molecular weight excluding hydrogens is 522 g/mol. The van der Waals surface area contributed by atoms with E-state index in [2.05, 4.69) is 32.2 Å². The normalized spacial score (nSPS) is 22.3. The Morgan fingerprint density at radius 3 is 2.54 bits per heavy atom. The van der Waals surface area contributed by atoms with Crippen molar-refractivity contribution in [1.82, 2.24) is 24.9 Å². The Bertz CT molecular complexity index is 1400. The van der Waals surface area contributed by atoms with Crippen molar-refractivity contribution < 1.29 is 24.3 Å². The van der Waals surface area contributed by atoms with Gasteiger partial charge in [0.1, 0.15) is 23.2 Å². The van der Waals surface area contributed by atoms with E-state index in [1.165, 1.54) is 0 Å². The molecule has 0 spiro atoms. The van der Waals surface area contributed by atoms with Crippen molar-refractivity contribution in [3.8, 4) is 23.2 Å². The lowest BCUT2D eigenvalue weighted by Gasteiger charge is -2.23. The molecule has 10 nitrogen and oxygen atoms in total. The lowest BCUT2D eigenvalue weighted by molar-refractivity contribution is 0.0521. The minimum atomic E-state index is -0.813. The highest BCUT2D eigenvalue weighted by Crippen LogP contribution is 2.51. The minimum Gasteiger partial charge on any atom is -0.444 e. The van der Waals surface area contributed by atoms with Crippen molar-refractivity contribution >= 4 is 6.09 Å². The first-order chi connectivity index (χ1) is 19.5. The summed E-state index contributed by atoms with van der Waals surface area (Å²) in [6, 6.07) is 9.22. The van der Waals surface area contributed by atoms with E-state index in [-0.39, 0.29) is 12.6 Å². The van der Waals surface area contributed by atoms with Crippen LogP contribution in [0.25, 0.3) is 11.3 Å². The molecule has 6 atom stereocenters. The van der Waals surface area contributed by atoms with Gasteiger partial charge in [-0.1, -0.05) is 17.0 Å². The van der Waals surface area contributed by atoms with Crippen LogP contribution in [-0.2, 0) is 4.74 Å². The first-order valence-corrected chi connectivity index (χ1v) is 14.1. The molecule has 1 aliphatic heterocycles. The second-order valence-corrected chi connectivity index (χ2v) is 12.2. The van der Waals surface area contributed by atoms with Gasteiger partial charge in [-0.05, 0) is 70.7 Å². The van der Waals surface area contributed by atoms with E-state index in [0.29, 0.717) is 35.0 Å². The zero-order valence-electron chi connectivity index (χ0n) is 24.2. The van der Waals surface area contributed by atoms with Crippen molar-refractivity contribution in [1.29, 1.82) is 0 Å². The second kappa shape index (κ2) is 11.7. The van der Waals surface area contributed by atoms with Gasteiger partial charge >= 0.3 is 6.09 Å². The number of aliphatic hydroxyl groups excluding tert-OH is 2. The molecule has 0 bridgehead atoms. The Labute approximate surface area is 240 Å². The molecule has 3 N–H and O–H groups in total. The number of carbonyl (C=O) groups is 1. The number of ether oxygens (including phenoxy) is 1. The Morgan fingerprint density at radius 1 is 1.20 bits per heavy atom. The van der Waals surface area contributed by atoms with Gasteiger partial charge in [0.2, 0.25) is 0 Å². The van der Waals surface area contributed by atoms with Crippen molar-refractivity contribution in [2.24, 2.45) is 17.8 Å². The molecule has 3 aromatic rings. The molecule has 3 heterocycles. The number of likely N-dealkylation sites (tertiary alicyclic amines) is 1. The van der Waals surface area contributed by atoms with Gasteiger partial charge in [0, 0.05) is 61.7 Å². The highest BCUT2D eigenvalue weighted by Gasteiger charge is 2.54. The van der Waals surface area contributed by atoms with Crippen molar-refractivity contribution in [3.05, 3.63) is 59.8 Å². The molecule has 2 aromatic heterocycles. The van der Waals surface area contributed by atoms with Crippen LogP contribution in [0.1, 0.15) is 63.8 Å². The summed E-state index contributed by atoms with van der Waals surface area (Å²) in [5.74, 6) is 9.48. The number of hydrogen-bond donors (Lipinski definition) is 3. The molecule has 1 aliphatic carbocycles. The van der Waals surface area contributed by atoms with E-state index in [4.69, 9.17) is 9.26 Å². The maximum absolute atomic E-state index is 12.4. The molecule has 41 heavy (non-hydrogen) atoms. The number of aromatic nitrogens is 3. The van der Waals surface area contributed by atoms with Crippen LogP contribution in [0.3, 0.4) is 0 Å². The lowest BCUT2D eigenvalue weighted by Crippen LogP contribution is -2.36. The molecular formula is C31H39N5O5. The Hall–Kier alpha value is -3.65. The predicted octanol–water partition coefficient (Wildman–Crippen LogP) is 3.62. The molecule has 2 aliphatic rings. The summed E-state index contributed by atoms with van der Waals surface area (Å²) in [4.78, 5) is 19.0. The molecule has 5 rings (SSSR count). The van der Waals surface area contributed by atoms with E-state index in [9.17, 15) is 15.0 Å². The largest absolute Gasteiger partial charge is 0.444 e. The second-order valence-electron chi connectivity index (χ2n) is 12.2. The number of amides is 1. The van der Waals surface area contributed by atoms with Gasteiger partial charge < -0.3 is 34.3 Å². The van der Waals surface area contributed by atoms with Gasteiger partial charge in [-0.15, -0.1) is 0 Å². The highest BCUT2D eigenvalue weighted by atomic mass is 16.6. The maximum Gasteiger partial charge on any atom is 0.407 e. The van der Waals surface area contributed by atoms with E-state index < -0.39 is 23.8 Å². The van der Waals surface area contributed by atoms with Gasteiger partial charge in [-0.3, -0.25) is 0 Å². The number of nitrogens with zero attached hydrogens (tertiary/aromatic N) is 4. The molecule has 1 amide bonds. The first kappa shape index (κ1) is 28.9. The third kappa shape index (κ3) is 6.99. The zero-order chi connectivity index (χ0) is 29.3. The fourth-order valence-electron chi connectivity index (χ4n) is 5.57. The summed E-state index contributed by atoms with van der Waals surface area (Å²) in [7, 11) is 0. The summed E-state index contributed by atoms with van der Waals surface area (Å²) in [6.07, 6.45) is 1.69. The van der Waals surface area contributed by atoms with Crippen molar-refractivity contribution in [2.75, 3.05) is 26.2 Å². The number of fused-ring (bicyclic) bond motifs is 1. The summed E-state index contributed by atoms with van der Waals surface area (Å²) < 4.78 is 12.9. The van der Waals surface area contributed by atoms with Crippen LogP contribution in [0, 0.1) is 29.6 Å². The number of benzene rings is 1. The van der Waals surface area contributed by atoms with Crippen LogP contribution in [0.4, 0.5) is 4.79 Å². The third-order valence-corrected chi connectivity index (χ3v) is 7.46. The number of β-amino-alcohol motifs (C(OH)–C–C–N with tert-alkyl or cyclic N) is 1. The lowest BCUT2D eigenvalue weighted by atomic mass is 10.1. The minimum absolute atomic E-state index is 0.158. The standard InChI is InChI=1S/C31H39N5O5/c1-19(37)16-35-17-24-23(25(24)18-35)11-8-21-6-9-22(10-7-21)28-14-26(34-41-28)27(15-33-30(39)40-31(3,4)5)36-13-12-32-29(36)20(2)38/h6-7,9-10,12-14,19-20,23-25,27,37-38H,15-18H2,1-5H3,(H,33,39)/t19?,20-,23-,24-,25+,27+/m0/s1. The molecule has 1 saturated heterocycles. The summed E-state index contributed by atoms with van der Waals surface area (Å²) in [6.45, 7) is 11.8. The fourth-order valence-corrected chi connectivity index (χ4v) is 5.57. The van der Waals surface area contributed by atoms with E-state index in [0.717, 1.165) is 30.8 Å². The maximum atomic E-state index is 12.4. The van der Waals surface area contributed by atoms with Gasteiger partial charge in [-0.2, -0.15) is 0 Å². The number of alkyl carbamates (subject to hydrolysis) is 1. The zero-order valence-corrected chi connectivity index (χ0v) is 24.2. The molecule has 1 aromatic carbocycles. The Balaban J connectivity index is 1.26. The average Bonchev–Trinajstić information content (AvgIpc) is 3.39. The number of rotatable bonds is 8. The number of nitrogens with one attached hydrogen (secondary N) is 1. The van der Waals surface area contributed by atoms with E-state index in [1.54, 1.807) is 44.7 Å². The Kier molecular flexibility index (Phi) is 8.23. The third-order valence-electron chi connectivity index (χ3n) is 7.46. The summed E-state index contributed by atoms with van der Waals surface area (Å²) in [5.41, 5.74) is 1.74. The van der Waals surface area contributed by atoms with E-state index >= 15 is 0 Å². The highest BCUT2D eigenvalue weighted by molar-refractivity contribution is 5.67. The number of hydrogen-bond acceptors (Lipinski definition) is 8. The van der Waals surface area contributed by atoms with Crippen molar-refractivity contribution in [3.63, 3.8) is 0 Å².